The van der Waals surface area contributed by atoms with E-state index in [1.54, 1.807) is 30.9 Å². The molecule has 0 radical (unpaired) electrons. The van der Waals surface area contributed by atoms with Crippen molar-refractivity contribution in [3.05, 3.63) is 35.6 Å². The van der Waals surface area contributed by atoms with Crippen LogP contribution in [-0.2, 0) is 16.1 Å². The first-order valence-corrected chi connectivity index (χ1v) is 6.53. The zero-order valence-corrected chi connectivity index (χ0v) is 12.0. The van der Waals surface area contributed by atoms with Crippen LogP contribution >= 0.6 is 0 Å². The van der Waals surface area contributed by atoms with Gasteiger partial charge in [0.1, 0.15) is 11.6 Å². The molecular weight excluding hydrogens is 261 g/mol. The minimum atomic E-state index is -0.898. The van der Waals surface area contributed by atoms with Crippen molar-refractivity contribution >= 4 is 11.8 Å². The van der Waals surface area contributed by atoms with Gasteiger partial charge < -0.3 is 5.11 Å². The highest BCUT2D eigenvalue weighted by Crippen LogP contribution is 2.13. The van der Waals surface area contributed by atoms with Gasteiger partial charge in [0.05, 0.1) is 12.0 Å². The molecular formula is C15H20FNO3. The Morgan fingerprint density at radius 3 is 2.25 bits per heavy atom. The van der Waals surface area contributed by atoms with E-state index in [1.807, 2.05) is 0 Å². The number of rotatable bonds is 7. The molecule has 2 unspecified atom stereocenters. The number of benzene rings is 1. The maximum atomic E-state index is 12.9. The van der Waals surface area contributed by atoms with E-state index in [0.717, 1.165) is 5.56 Å². The zero-order valence-electron chi connectivity index (χ0n) is 12.0. The molecule has 20 heavy (non-hydrogen) atoms. The maximum absolute atomic E-state index is 12.9. The highest BCUT2D eigenvalue weighted by Gasteiger charge is 2.23. The number of carbonyl (C=O) groups is 2. The average molecular weight is 281 g/mol. The average Bonchev–Trinajstić information content (AvgIpc) is 2.39. The van der Waals surface area contributed by atoms with E-state index in [-0.39, 0.29) is 24.2 Å². The number of carbonyl (C=O) groups excluding carboxylic acids is 1. The van der Waals surface area contributed by atoms with Gasteiger partial charge in [-0.3, -0.25) is 14.5 Å². The molecule has 0 amide bonds. The van der Waals surface area contributed by atoms with Crippen LogP contribution in [0.25, 0.3) is 0 Å². The first-order valence-electron chi connectivity index (χ1n) is 6.53. The predicted octanol–water partition coefficient (Wildman–Crippen LogP) is 2.33. The van der Waals surface area contributed by atoms with Crippen LogP contribution in [0.4, 0.5) is 4.39 Å². The second-order valence-corrected chi connectivity index (χ2v) is 5.08. The summed E-state index contributed by atoms with van der Waals surface area (Å²) < 4.78 is 12.9. The van der Waals surface area contributed by atoms with E-state index < -0.39 is 11.9 Å². The molecule has 1 rings (SSSR count). The summed E-state index contributed by atoms with van der Waals surface area (Å²) in [5.74, 6) is -1.81. The van der Waals surface area contributed by atoms with Crippen LogP contribution in [0.3, 0.4) is 0 Å². The van der Waals surface area contributed by atoms with Crippen LogP contribution in [0.15, 0.2) is 24.3 Å². The Bertz CT molecular complexity index is 473. The lowest BCUT2D eigenvalue weighted by Crippen LogP contribution is -2.41. The van der Waals surface area contributed by atoms with Crippen LogP contribution in [0.1, 0.15) is 26.3 Å². The molecule has 4 nitrogen and oxygen atoms in total. The second kappa shape index (κ2) is 7.14. The topological polar surface area (TPSA) is 57.6 Å². The van der Waals surface area contributed by atoms with Crippen molar-refractivity contribution in [1.29, 1.82) is 0 Å². The van der Waals surface area contributed by atoms with E-state index in [0.29, 0.717) is 6.54 Å². The molecule has 0 saturated carbocycles. The summed E-state index contributed by atoms with van der Waals surface area (Å²) in [5, 5.41) is 8.99. The summed E-state index contributed by atoms with van der Waals surface area (Å²) >= 11 is 0. The number of halogens is 1. The Hall–Kier alpha value is -1.75. The third-order valence-electron chi connectivity index (χ3n) is 3.36. The summed E-state index contributed by atoms with van der Waals surface area (Å²) in [6.45, 7) is 5.52. The van der Waals surface area contributed by atoms with Crippen LogP contribution in [0.5, 0.6) is 0 Å². The first-order chi connectivity index (χ1) is 9.31. The highest BCUT2D eigenvalue weighted by atomic mass is 19.1. The van der Waals surface area contributed by atoms with Gasteiger partial charge in [-0.2, -0.15) is 0 Å². The highest BCUT2D eigenvalue weighted by molar-refractivity contribution is 5.81. The maximum Gasteiger partial charge on any atom is 0.307 e. The van der Waals surface area contributed by atoms with Gasteiger partial charge in [-0.05, 0) is 31.5 Å². The Balaban J connectivity index is 2.84. The SMILES string of the molecule is CC(=O)C(C)N(Cc1ccc(F)cc1)CC(C)C(=O)O. The number of carboxylic acid groups (broad SMARTS) is 1. The van der Waals surface area contributed by atoms with E-state index >= 15 is 0 Å². The summed E-state index contributed by atoms with van der Waals surface area (Å²) in [4.78, 5) is 24.3. The normalized spacial score (nSPS) is 14.1. The van der Waals surface area contributed by atoms with Gasteiger partial charge in [0, 0.05) is 13.1 Å². The molecule has 0 saturated heterocycles. The molecule has 2 atom stereocenters. The largest absolute Gasteiger partial charge is 0.481 e. The van der Waals surface area contributed by atoms with E-state index in [2.05, 4.69) is 0 Å². The van der Waals surface area contributed by atoms with Crippen molar-refractivity contribution < 1.29 is 19.1 Å². The quantitative estimate of drug-likeness (QED) is 0.833. The van der Waals surface area contributed by atoms with Gasteiger partial charge >= 0.3 is 5.97 Å². The number of aliphatic carboxylic acids is 1. The molecule has 0 bridgehead atoms. The predicted molar refractivity (Wildman–Crippen MR) is 73.8 cm³/mol. The van der Waals surface area contributed by atoms with E-state index in [1.165, 1.54) is 19.1 Å². The third-order valence-corrected chi connectivity index (χ3v) is 3.36. The van der Waals surface area contributed by atoms with Gasteiger partial charge in [0.15, 0.2) is 0 Å². The Kier molecular flexibility index (Phi) is 5.82. The lowest BCUT2D eigenvalue weighted by molar-refractivity contribution is -0.142. The van der Waals surface area contributed by atoms with Gasteiger partial charge in [-0.1, -0.05) is 19.1 Å². The number of ketones is 1. The molecule has 0 aromatic heterocycles. The zero-order chi connectivity index (χ0) is 15.3. The number of hydrogen-bond donors (Lipinski definition) is 1. The van der Waals surface area contributed by atoms with Crippen LogP contribution in [0.2, 0.25) is 0 Å². The molecule has 5 heteroatoms. The van der Waals surface area contributed by atoms with Gasteiger partial charge in [-0.15, -0.1) is 0 Å². The lowest BCUT2D eigenvalue weighted by Gasteiger charge is -2.29. The summed E-state index contributed by atoms with van der Waals surface area (Å²) in [5.41, 5.74) is 0.845. The molecule has 0 spiro atoms. The molecule has 1 aromatic carbocycles. The van der Waals surface area contributed by atoms with E-state index in [9.17, 15) is 14.0 Å². The summed E-state index contributed by atoms with van der Waals surface area (Å²) in [7, 11) is 0. The molecule has 0 aliphatic heterocycles. The number of nitrogens with zero attached hydrogens (tertiary/aromatic N) is 1. The molecule has 110 valence electrons. The van der Waals surface area contributed by atoms with Crippen LogP contribution < -0.4 is 0 Å². The molecule has 0 heterocycles. The fourth-order valence-corrected chi connectivity index (χ4v) is 1.87. The fraction of sp³-hybridized carbons (Fsp3) is 0.467. The monoisotopic (exact) mass is 281 g/mol. The first kappa shape index (κ1) is 16.3. The Labute approximate surface area is 118 Å². The minimum absolute atomic E-state index is 0.0234. The van der Waals surface area contributed by atoms with Crippen molar-refractivity contribution in [1.82, 2.24) is 4.90 Å². The molecule has 1 aromatic rings. The molecule has 0 fully saturated rings. The lowest BCUT2D eigenvalue weighted by atomic mass is 10.1. The van der Waals surface area contributed by atoms with Crippen molar-refractivity contribution in [3.63, 3.8) is 0 Å². The molecule has 0 aliphatic carbocycles. The molecule has 1 N–H and O–H groups in total. The number of carboxylic acids is 1. The molecule has 0 aliphatic rings. The standard InChI is InChI=1S/C15H20FNO3/c1-10(15(19)20)8-17(11(2)12(3)18)9-13-4-6-14(16)7-5-13/h4-7,10-11H,8-9H2,1-3H3,(H,19,20). The van der Waals surface area contributed by atoms with Gasteiger partial charge in [-0.25, -0.2) is 4.39 Å². The summed E-state index contributed by atoms with van der Waals surface area (Å²) in [6, 6.07) is 5.61. The summed E-state index contributed by atoms with van der Waals surface area (Å²) in [6.07, 6.45) is 0. The van der Waals surface area contributed by atoms with Gasteiger partial charge in [0.2, 0.25) is 0 Å². The number of hydrogen-bond acceptors (Lipinski definition) is 3. The second-order valence-electron chi connectivity index (χ2n) is 5.08. The van der Waals surface area contributed by atoms with E-state index in [4.69, 9.17) is 5.11 Å². The smallest absolute Gasteiger partial charge is 0.307 e. The Morgan fingerprint density at radius 1 is 1.25 bits per heavy atom. The van der Waals surface area contributed by atoms with Crippen molar-refractivity contribution in [2.24, 2.45) is 5.92 Å². The van der Waals surface area contributed by atoms with Crippen LogP contribution in [-0.4, -0.2) is 34.3 Å². The number of Topliss-reactive ketones (excluding diaryl/α,β-unsaturated/α-hetero) is 1. The minimum Gasteiger partial charge on any atom is -0.481 e. The van der Waals surface area contributed by atoms with Crippen molar-refractivity contribution in [3.8, 4) is 0 Å². The van der Waals surface area contributed by atoms with Crippen molar-refractivity contribution in [2.45, 2.75) is 33.4 Å². The Morgan fingerprint density at radius 2 is 1.80 bits per heavy atom. The van der Waals surface area contributed by atoms with Crippen LogP contribution in [0, 0.1) is 11.7 Å². The fourth-order valence-electron chi connectivity index (χ4n) is 1.87. The van der Waals surface area contributed by atoms with Gasteiger partial charge in [0.25, 0.3) is 0 Å². The van der Waals surface area contributed by atoms with Crippen molar-refractivity contribution in [2.75, 3.05) is 6.54 Å². The third kappa shape index (κ3) is 4.74.